The standard InChI is InChI=1S/C18H20N4O2S/c1-3-22(4-2)18-17(19-15-12-8-9-13-16(15)20-18)21-25(23,24)14-10-6-5-7-11-14/h5-13H,3-4H2,1-2H3,(H,19,21). The fourth-order valence-corrected chi connectivity index (χ4v) is 3.61. The van der Waals surface area contributed by atoms with Gasteiger partial charge in [0.25, 0.3) is 10.0 Å². The average Bonchev–Trinajstić information content (AvgIpc) is 2.63. The first kappa shape index (κ1) is 17.2. The number of fused-ring (bicyclic) bond motifs is 1. The molecule has 3 rings (SSSR count). The molecule has 7 heteroatoms. The van der Waals surface area contributed by atoms with Crippen molar-refractivity contribution in [2.45, 2.75) is 18.7 Å². The van der Waals surface area contributed by atoms with E-state index in [0.717, 1.165) is 5.52 Å². The molecular weight excluding hydrogens is 336 g/mol. The second-order valence-corrected chi connectivity index (χ2v) is 7.16. The van der Waals surface area contributed by atoms with E-state index < -0.39 is 10.0 Å². The molecule has 3 aromatic rings. The molecule has 1 N–H and O–H groups in total. The summed E-state index contributed by atoms with van der Waals surface area (Å²) in [5.74, 6) is 0.773. The number of nitrogens with one attached hydrogen (secondary N) is 1. The molecule has 0 amide bonds. The molecule has 0 aliphatic rings. The highest BCUT2D eigenvalue weighted by molar-refractivity contribution is 7.92. The van der Waals surface area contributed by atoms with Gasteiger partial charge in [-0.2, -0.15) is 0 Å². The van der Waals surface area contributed by atoms with Crippen LogP contribution in [0.2, 0.25) is 0 Å². The molecule has 0 unspecified atom stereocenters. The van der Waals surface area contributed by atoms with E-state index >= 15 is 0 Å². The van der Waals surface area contributed by atoms with Crippen molar-refractivity contribution in [1.29, 1.82) is 0 Å². The monoisotopic (exact) mass is 356 g/mol. The van der Waals surface area contributed by atoms with Crippen molar-refractivity contribution in [3.05, 3.63) is 54.6 Å². The van der Waals surface area contributed by atoms with Crippen molar-refractivity contribution in [2.24, 2.45) is 0 Å². The molecule has 0 aliphatic carbocycles. The zero-order valence-electron chi connectivity index (χ0n) is 14.2. The lowest BCUT2D eigenvalue weighted by Gasteiger charge is -2.23. The Morgan fingerprint density at radius 2 is 1.44 bits per heavy atom. The van der Waals surface area contributed by atoms with Crippen molar-refractivity contribution in [2.75, 3.05) is 22.7 Å². The molecule has 1 heterocycles. The van der Waals surface area contributed by atoms with Crippen molar-refractivity contribution in [3.8, 4) is 0 Å². The van der Waals surface area contributed by atoms with Gasteiger partial charge in [-0.1, -0.05) is 30.3 Å². The number of anilines is 2. The van der Waals surface area contributed by atoms with E-state index in [1.54, 1.807) is 30.3 Å². The van der Waals surface area contributed by atoms with E-state index in [0.29, 0.717) is 24.4 Å². The van der Waals surface area contributed by atoms with Crippen LogP contribution in [0.3, 0.4) is 0 Å². The molecule has 2 aromatic carbocycles. The first-order valence-corrected chi connectivity index (χ1v) is 9.63. The fourth-order valence-electron chi connectivity index (χ4n) is 2.59. The predicted octanol–water partition coefficient (Wildman–Crippen LogP) is 3.28. The van der Waals surface area contributed by atoms with Gasteiger partial charge in [0.05, 0.1) is 15.9 Å². The zero-order valence-corrected chi connectivity index (χ0v) is 15.0. The van der Waals surface area contributed by atoms with Gasteiger partial charge in [-0.3, -0.25) is 4.72 Å². The normalized spacial score (nSPS) is 11.4. The minimum absolute atomic E-state index is 0.190. The molecule has 6 nitrogen and oxygen atoms in total. The van der Waals surface area contributed by atoms with Crippen molar-refractivity contribution in [3.63, 3.8) is 0 Å². The Morgan fingerprint density at radius 3 is 2.04 bits per heavy atom. The van der Waals surface area contributed by atoms with Gasteiger partial charge in [0.2, 0.25) is 0 Å². The van der Waals surface area contributed by atoms with Gasteiger partial charge in [-0.15, -0.1) is 0 Å². The quantitative estimate of drug-likeness (QED) is 0.733. The summed E-state index contributed by atoms with van der Waals surface area (Å²) in [5.41, 5.74) is 1.37. The second kappa shape index (κ2) is 7.06. The first-order chi connectivity index (χ1) is 12.0. The SMILES string of the molecule is CCN(CC)c1nc2ccccc2nc1NS(=O)(=O)c1ccccc1. The summed E-state index contributed by atoms with van der Waals surface area (Å²) in [6.45, 7) is 5.39. The van der Waals surface area contributed by atoms with Crippen molar-refractivity contribution in [1.82, 2.24) is 9.97 Å². The summed E-state index contributed by atoms with van der Waals surface area (Å²) in [5, 5.41) is 0. The summed E-state index contributed by atoms with van der Waals surface area (Å²) in [6.07, 6.45) is 0. The van der Waals surface area contributed by atoms with Gasteiger partial charge in [-0.05, 0) is 38.1 Å². The summed E-state index contributed by atoms with van der Waals surface area (Å²) in [7, 11) is -3.73. The maximum absolute atomic E-state index is 12.7. The van der Waals surface area contributed by atoms with Crippen LogP contribution in [-0.4, -0.2) is 31.5 Å². The number of hydrogen-bond donors (Lipinski definition) is 1. The lowest BCUT2D eigenvalue weighted by molar-refractivity contribution is 0.601. The first-order valence-electron chi connectivity index (χ1n) is 8.14. The summed E-state index contributed by atoms with van der Waals surface area (Å²) < 4.78 is 28.0. The van der Waals surface area contributed by atoms with Gasteiger partial charge in [-0.25, -0.2) is 18.4 Å². The number of hydrogen-bond acceptors (Lipinski definition) is 5. The lowest BCUT2D eigenvalue weighted by atomic mass is 10.3. The van der Waals surface area contributed by atoms with Crippen LogP contribution in [0.25, 0.3) is 11.0 Å². The Bertz CT molecular complexity index is 971. The van der Waals surface area contributed by atoms with Gasteiger partial charge in [0.15, 0.2) is 11.6 Å². The summed E-state index contributed by atoms with van der Waals surface area (Å²) in [4.78, 5) is 11.3. The molecule has 0 fully saturated rings. The van der Waals surface area contributed by atoms with E-state index in [1.165, 1.54) is 0 Å². The van der Waals surface area contributed by atoms with Crippen LogP contribution in [0.15, 0.2) is 59.5 Å². The van der Waals surface area contributed by atoms with Crippen molar-refractivity contribution >= 4 is 32.7 Å². The van der Waals surface area contributed by atoms with E-state index in [-0.39, 0.29) is 10.7 Å². The van der Waals surface area contributed by atoms with Crippen LogP contribution in [0.1, 0.15) is 13.8 Å². The molecule has 0 atom stereocenters. The highest BCUT2D eigenvalue weighted by Gasteiger charge is 2.20. The van der Waals surface area contributed by atoms with E-state index in [9.17, 15) is 8.42 Å². The molecule has 25 heavy (non-hydrogen) atoms. The molecule has 0 saturated carbocycles. The van der Waals surface area contributed by atoms with Gasteiger partial charge >= 0.3 is 0 Å². The molecule has 0 aliphatic heterocycles. The number of rotatable bonds is 6. The molecule has 0 radical (unpaired) electrons. The highest BCUT2D eigenvalue weighted by atomic mass is 32.2. The molecule has 0 saturated heterocycles. The Hall–Kier alpha value is -2.67. The highest BCUT2D eigenvalue weighted by Crippen LogP contribution is 2.27. The van der Waals surface area contributed by atoms with Crippen LogP contribution >= 0.6 is 0 Å². The number of benzene rings is 2. The number of sulfonamides is 1. The number of nitrogens with zero attached hydrogens (tertiary/aromatic N) is 3. The third-order valence-electron chi connectivity index (χ3n) is 3.90. The average molecular weight is 356 g/mol. The summed E-state index contributed by atoms with van der Waals surface area (Å²) in [6, 6.07) is 15.7. The van der Waals surface area contributed by atoms with Gasteiger partial charge < -0.3 is 4.90 Å². The third-order valence-corrected chi connectivity index (χ3v) is 5.25. The molecule has 0 spiro atoms. The summed E-state index contributed by atoms with van der Waals surface area (Å²) >= 11 is 0. The smallest absolute Gasteiger partial charge is 0.263 e. The van der Waals surface area contributed by atoms with Crippen LogP contribution in [-0.2, 0) is 10.0 Å². The van der Waals surface area contributed by atoms with Crippen LogP contribution in [0.5, 0.6) is 0 Å². The Morgan fingerprint density at radius 1 is 0.880 bits per heavy atom. The van der Waals surface area contributed by atoms with Crippen LogP contribution in [0.4, 0.5) is 11.6 Å². The maximum atomic E-state index is 12.7. The molecular formula is C18H20N4O2S. The Balaban J connectivity index is 2.12. The lowest BCUT2D eigenvalue weighted by Crippen LogP contribution is -2.26. The van der Waals surface area contributed by atoms with Crippen LogP contribution in [0, 0.1) is 0 Å². The van der Waals surface area contributed by atoms with Crippen molar-refractivity contribution < 1.29 is 8.42 Å². The van der Waals surface area contributed by atoms with Gasteiger partial charge in [0.1, 0.15) is 0 Å². The Kier molecular flexibility index (Phi) is 4.85. The Labute approximate surface area is 147 Å². The zero-order chi connectivity index (χ0) is 17.9. The fraction of sp³-hybridized carbons (Fsp3) is 0.222. The second-order valence-electron chi connectivity index (χ2n) is 5.48. The minimum Gasteiger partial charge on any atom is -0.354 e. The molecule has 1 aromatic heterocycles. The van der Waals surface area contributed by atoms with E-state index in [4.69, 9.17) is 0 Å². The maximum Gasteiger partial charge on any atom is 0.263 e. The number of para-hydroxylation sites is 2. The van der Waals surface area contributed by atoms with E-state index in [1.807, 2.05) is 43.0 Å². The predicted molar refractivity (Wildman–Crippen MR) is 100 cm³/mol. The third kappa shape index (κ3) is 3.56. The largest absolute Gasteiger partial charge is 0.354 e. The van der Waals surface area contributed by atoms with Gasteiger partial charge in [0, 0.05) is 13.1 Å². The topological polar surface area (TPSA) is 75.2 Å². The molecule has 0 bridgehead atoms. The van der Waals surface area contributed by atoms with Crippen LogP contribution < -0.4 is 9.62 Å². The molecule has 130 valence electrons. The minimum atomic E-state index is -3.73. The van der Waals surface area contributed by atoms with E-state index in [2.05, 4.69) is 14.7 Å². The number of aromatic nitrogens is 2.